The van der Waals surface area contributed by atoms with E-state index in [1.54, 1.807) is 19.4 Å². The highest BCUT2D eigenvalue weighted by Gasteiger charge is 2.41. The number of hydrogen-bond acceptors (Lipinski definition) is 6. The molecular weight excluding hydrogens is 552 g/mol. The van der Waals surface area contributed by atoms with Crippen molar-refractivity contribution < 1.29 is 14.5 Å². The first-order valence-electron chi connectivity index (χ1n) is 13.5. The molecular formula is C31H32N6O4S. The number of anilines is 1. The van der Waals surface area contributed by atoms with E-state index in [-0.39, 0.29) is 30.1 Å². The maximum atomic E-state index is 13.0. The first kappa shape index (κ1) is 28.7. The van der Waals surface area contributed by atoms with Crippen molar-refractivity contribution in [3.8, 4) is 11.4 Å². The number of nitrogens with zero attached hydrogens (tertiary/aromatic N) is 4. The number of benzene rings is 2. The summed E-state index contributed by atoms with van der Waals surface area (Å²) in [4.78, 5) is 30.8. The van der Waals surface area contributed by atoms with E-state index in [4.69, 9.17) is 17.0 Å². The highest BCUT2D eigenvalue weighted by atomic mass is 32.1. The number of carbonyl (C=O) groups excluding carboxylic acids is 1. The maximum absolute atomic E-state index is 13.0. The topological polar surface area (TPSA) is 115 Å². The molecule has 1 aliphatic rings. The Kier molecular flexibility index (Phi) is 8.21. The molecule has 0 saturated carbocycles. The Balaban J connectivity index is 1.53. The van der Waals surface area contributed by atoms with Gasteiger partial charge in [-0.25, -0.2) is 0 Å². The lowest BCUT2D eigenvalue weighted by Gasteiger charge is -2.28. The molecule has 2 aromatic carbocycles. The van der Waals surface area contributed by atoms with Gasteiger partial charge in [0.1, 0.15) is 5.75 Å². The third-order valence-electron chi connectivity index (χ3n) is 7.60. The molecule has 4 aromatic rings. The molecule has 0 aliphatic carbocycles. The monoisotopic (exact) mass is 584 g/mol. The zero-order chi connectivity index (χ0) is 30.0. The molecule has 0 radical (unpaired) electrons. The van der Waals surface area contributed by atoms with Crippen LogP contribution in [-0.2, 0) is 4.79 Å². The van der Waals surface area contributed by atoms with E-state index < -0.39 is 4.92 Å². The fraction of sp³-hybridized carbons (Fsp3) is 0.258. The molecule has 42 heavy (non-hydrogen) atoms. The standard InChI is InChI=1S/C31H32N6O4S/c1-19-9-5-6-10-24(19)33-28(38)14-16-35-30(29(34-31(35)42)25-11-7-8-15-32-25)23-17-20(2)36(21(23)3)26-18-22(37(39)40)12-13-27(26)41-4/h5-13,15,17-18,29-30H,14,16H2,1-4H3,(H,33,38)(H,34,42)/t29-,30+/m1/s1. The smallest absolute Gasteiger partial charge is 0.271 e. The Labute approximate surface area is 249 Å². The van der Waals surface area contributed by atoms with Crippen LogP contribution in [0.2, 0.25) is 0 Å². The number of aryl methyl sites for hydroxylation is 2. The molecule has 1 saturated heterocycles. The summed E-state index contributed by atoms with van der Waals surface area (Å²) in [6, 6.07) is 19.4. The van der Waals surface area contributed by atoms with Gasteiger partial charge in [-0.1, -0.05) is 24.3 Å². The number of nitro benzene ring substituents is 1. The van der Waals surface area contributed by atoms with Crippen molar-refractivity contribution in [2.75, 3.05) is 19.0 Å². The Morgan fingerprint density at radius 3 is 2.57 bits per heavy atom. The largest absolute Gasteiger partial charge is 0.495 e. The van der Waals surface area contributed by atoms with Gasteiger partial charge in [0.2, 0.25) is 5.91 Å². The SMILES string of the molecule is COc1ccc([N+](=O)[O-])cc1-n1c(C)cc([C@H]2[C@@H](c3ccccn3)NC(=S)N2CCC(=O)Nc2ccccc2C)c1C. The summed E-state index contributed by atoms with van der Waals surface area (Å²) >= 11 is 5.81. The highest BCUT2D eigenvalue weighted by molar-refractivity contribution is 7.80. The summed E-state index contributed by atoms with van der Waals surface area (Å²) in [6.45, 7) is 6.25. The molecule has 1 amide bonds. The van der Waals surface area contributed by atoms with Gasteiger partial charge in [0.05, 0.1) is 35.5 Å². The van der Waals surface area contributed by atoms with E-state index in [9.17, 15) is 14.9 Å². The number of hydrogen-bond donors (Lipinski definition) is 2. The van der Waals surface area contributed by atoms with Gasteiger partial charge >= 0.3 is 0 Å². The minimum atomic E-state index is -0.418. The maximum Gasteiger partial charge on any atom is 0.271 e. The van der Waals surface area contributed by atoms with Crippen LogP contribution in [0.5, 0.6) is 5.75 Å². The first-order chi connectivity index (χ1) is 20.2. The quantitative estimate of drug-likeness (QED) is 0.146. The first-order valence-corrected chi connectivity index (χ1v) is 14.0. The number of non-ortho nitro benzene ring substituents is 1. The molecule has 216 valence electrons. The van der Waals surface area contributed by atoms with Crippen LogP contribution in [-0.4, -0.2) is 44.0 Å². The van der Waals surface area contributed by atoms with Gasteiger partial charge in [-0.3, -0.25) is 19.9 Å². The van der Waals surface area contributed by atoms with Crippen molar-refractivity contribution in [2.45, 2.75) is 39.3 Å². The summed E-state index contributed by atoms with van der Waals surface area (Å²) in [7, 11) is 1.54. The lowest BCUT2D eigenvalue weighted by atomic mass is 9.96. The van der Waals surface area contributed by atoms with E-state index in [2.05, 4.69) is 21.7 Å². The van der Waals surface area contributed by atoms with Crippen LogP contribution >= 0.6 is 12.2 Å². The number of ether oxygens (including phenoxy) is 1. The van der Waals surface area contributed by atoms with E-state index in [1.165, 1.54) is 12.1 Å². The highest BCUT2D eigenvalue weighted by Crippen LogP contribution is 2.42. The molecule has 3 heterocycles. The molecule has 11 heteroatoms. The van der Waals surface area contributed by atoms with Gasteiger partial charge in [0.25, 0.3) is 5.69 Å². The van der Waals surface area contributed by atoms with E-state index in [1.807, 2.05) is 72.7 Å². The minimum Gasteiger partial charge on any atom is -0.495 e. The molecule has 10 nitrogen and oxygen atoms in total. The zero-order valence-corrected chi connectivity index (χ0v) is 24.6. The molecule has 2 atom stereocenters. The number of para-hydroxylation sites is 1. The van der Waals surface area contributed by atoms with Crippen molar-refractivity contribution in [2.24, 2.45) is 0 Å². The van der Waals surface area contributed by atoms with Crippen LogP contribution in [0.3, 0.4) is 0 Å². The summed E-state index contributed by atoms with van der Waals surface area (Å²) in [5.41, 5.74) is 5.83. The fourth-order valence-corrected chi connectivity index (χ4v) is 5.89. The molecule has 1 fully saturated rings. The van der Waals surface area contributed by atoms with Gasteiger partial charge in [-0.15, -0.1) is 0 Å². The lowest BCUT2D eigenvalue weighted by molar-refractivity contribution is -0.384. The molecule has 2 N–H and O–H groups in total. The van der Waals surface area contributed by atoms with Crippen LogP contribution in [0.4, 0.5) is 11.4 Å². The molecule has 2 aromatic heterocycles. The predicted molar refractivity (Wildman–Crippen MR) is 165 cm³/mol. The Hall–Kier alpha value is -4.77. The Morgan fingerprint density at radius 2 is 1.88 bits per heavy atom. The van der Waals surface area contributed by atoms with Crippen molar-refractivity contribution in [1.29, 1.82) is 0 Å². The number of amides is 1. The van der Waals surface area contributed by atoms with Crippen molar-refractivity contribution >= 4 is 34.6 Å². The van der Waals surface area contributed by atoms with Crippen molar-refractivity contribution in [3.05, 3.63) is 111 Å². The van der Waals surface area contributed by atoms with E-state index >= 15 is 0 Å². The second-order valence-corrected chi connectivity index (χ2v) is 10.6. The summed E-state index contributed by atoms with van der Waals surface area (Å²) in [6.07, 6.45) is 1.96. The number of thiocarbonyl (C=S) groups is 1. The lowest BCUT2D eigenvalue weighted by Crippen LogP contribution is -2.33. The Morgan fingerprint density at radius 1 is 1.12 bits per heavy atom. The number of pyridine rings is 1. The normalized spacial score (nSPS) is 16.3. The minimum absolute atomic E-state index is 0.0313. The second kappa shape index (κ2) is 12.0. The van der Waals surface area contributed by atoms with Gasteiger partial charge in [-0.05, 0) is 74.4 Å². The molecule has 0 unspecified atom stereocenters. The van der Waals surface area contributed by atoms with Crippen LogP contribution in [0.1, 0.15) is 46.7 Å². The third kappa shape index (κ3) is 5.55. The van der Waals surface area contributed by atoms with E-state index in [0.717, 1.165) is 33.9 Å². The molecule has 0 spiro atoms. The summed E-state index contributed by atoms with van der Waals surface area (Å²) < 4.78 is 7.55. The van der Waals surface area contributed by atoms with Crippen LogP contribution in [0.25, 0.3) is 5.69 Å². The summed E-state index contributed by atoms with van der Waals surface area (Å²) in [5.74, 6) is 0.402. The van der Waals surface area contributed by atoms with Gasteiger partial charge in [0.15, 0.2) is 5.11 Å². The fourth-order valence-electron chi connectivity index (χ4n) is 5.56. The van der Waals surface area contributed by atoms with Crippen LogP contribution in [0.15, 0.2) is 72.9 Å². The van der Waals surface area contributed by atoms with Gasteiger partial charge in [0, 0.05) is 48.4 Å². The van der Waals surface area contributed by atoms with Gasteiger partial charge < -0.3 is 24.8 Å². The number of rotatable bonds is 9. The van der Waals surface area contributed by atoms with E-state index in [0.29, 0.717) is 23.1 Å². The van der Waals surface area contributed by atoms with Gasteiger partial charge in [-0.2, -0.15) is 0 Å². The second-order valence-electron chi connectivity index (χ2n) is 10.2. The number of nitrogens with one attached hydrogen (secondary N) is 2. The average molecular weight is 585 g/mol. The van der Waals surface area contributed by atoms with Crippen LogP contribution < -0.4 is 15.4 Å². The van der Waals surface area contributed by atoms with Crippen molar-refractivity contribution in [1.82, 2.24) is 19.8 Å². The molecule has 5 rings (SSSR count). The number of methoxy groups -OCH3 is 1. The molecule has 0 bridgehead atoms. The van der Waals surface area contributed by atoms with Crippen molar-refractivity contribution in [3.63, 3.8) is 0 Å². The average Bonchev–Trinajstić information content (AvgIpc) is 3.47. The number of carbonyl (C=O) groups is 1. The van der Waals surface area contributed by atoms with Crippen LogP contribution in [0, 0.1) is 30.9 Å². The Bertz CT molecular complexity index is 1650. The zero-order valence-electron chi connectivity index (χ0n) is 23.8. The predicted octanol–water partition coefficient (Wildman–Crippen LogP) is 5.72. The molecule has 1 aliphatic heterocycles. The number of nitro groups is 1. The number of aromatic nitrogens is 2. The third-order valence-corrected chi connectivity index (χ3v) is 7.95. The summed E-state index contributed by atoms with van der Waals surface area (Å²) in [5, 5.41) is 18.6.